The summed E-state index contributed by atoms with van der Waals surface area (Å²) in [6.07, 6.45) is 0. The molecule has 0 atom stereocenters. The van der Waals surface area contributed by atoms with E-state index in [-0.39, 0.29) is 51.9 Å². The first-order chi connectivity index (χ1) is 15.6. The number of halogens is 1. The van der Waals surface area contributed by atoms with Crippen molar-refractivity contribution < 1.29 is 24.0 Å². The van der Waals surface area contributed by atoms with Gasteiger partial charge in [-0.1, -0.05) is 0 Å². The Labute approximate surface area is 208 Å². The summed E-state index contributed by atoms with van der Waals surface area (Å²) < 4.78 is 10.1. The summed E-state index contributed by atoms with van der Waals surface area (Å²) in [4.78, 5) is 42.2. The van der Waals surface area contributed by atoms with E-state index in [1.54, 1.807) is 5.38 Å². The number of nitrogens with zero attached hydrogens (tertiary/aromatic N) is 3. The van der Waals surface area contributed by atoms with E-state index in [0.29, 0.717) is 25.2 Å². The molecule has 0 radical (unpaired) electrons. The third-order valence-electron chi connectivity index (χ3n) is 4.88. The predicted octanol–water partition coefficient (Wildman–Crippen LogP) is 3.59. The number of benzene rings is 1. The first-order valence-corrected chi connectivity index (χ1v) is 11.2. The van der Waals surface area contributed by atoms with Crippen LogP contribution in [0.5, 0.6) is 11.5 Å². The number of rotatable bonds is 11. The van der Waals surface area contributed by atoms with Crippen LogP contribution < -0.4 is 20.1 Å². The second-order valence-electron chi connectivity index (χ2n) is 7.65. The van der Waals surface area contributed by atoms with Crippen LogP contribution in [0.3, 0.4) is 0 Å². The number of nitrogens with one attached hydrogen (secondary N) is 2. The molecule has 2 aromatic rings. The first-order valence-electron chi connectivity index (χ1n) is 10.3. The molecule has 0 bridgehead atoms. The van der Waals surface area contributed by atoms with Crippen LogP contribution in [-0.4, -0.2) is 66.0 Å². The van der Waals surface area contributed by atoms with E-state index < -0.39 is 10.8 Å². The Morgan fingerprint density at radius 2 is 1.74 bits per heavy atom. The number of carbonyl (C=O) groups excluding carboxylic acids is 2. The molecule has 0 aliphatic heterocycles. The van der Waals surface area contributed by atoms with Crippen LogP contribution in [0.25, 0.3) is 0 Å². The zero-order valence-electron chi connectivity index (χ0n) is 19.9. The molecule has 1 aromatic heterocycles. The quantitative estimate of drug-likeness (QED) is 0.342. The molecule has 13 heteroatoms. The minimum atomic E-state index is -0.629. The van der Waals surface area contributed by atoms with E-state index in [1.165, 1.54) is 20.3 Å². The summed E-state index contributed by atoms with van der Waals surface area (Å²) in [5, 5.41) is 18.4. The lowest BCUT2D eigenvalue weighted by Crippen LogP contribution is -2.42. The average molecular weight is 516 g/mol. The van der Waals surface area contributed by atoms with Crippen molar-refractivity contribution in [1.29, 1.82) is 0 Å². The SMILES string of the molecule is COc1cc([N+](=O)[O-])c(OC)cc1C(=O)Nc1nc(C(=O)NCCN(C(C)C)C(C)C)cs1.Cl. The molecule has 0 aliphatic carbocycles. The number of nitro benzene ring substituents is 1. The van der Waals surface area contributed by atoms with Gasteiger partial charge in [0.1, 0.15) is 11.4 Å². The van der Waals surface area contributed by atoms with Crippen LogP contribution in [0.1, 0.15) is 48.5 Å². The highest BCUT2D eigenvalue weighted by Gasteiger charge is 2.24. The van der Waals surface area contributed by atoms with Gasteiger partial charge in [0.25, 0.3) is 11.8 Å². The monoisotopic (exact) mass is 515 g/mol. The van der Waals surface area contributed by atoms with Gasteiger partial charge in [0, 0.05) is 36.6 Å². The minimum Gasteiger partial charge on any atom is -0.496 e. The highest BCUT2D eigenvalue weighted by molar-refractivity contribution is 7.14. The molecule has 34 heavy (non-hydrogen) atoms. The smallest absolute Gasteiger partial charge is 0.314 e. The van der Waals surface area contributed by atoms with Crippen LogP contribution in [0.4, 0.5) is 10.8 Å². The van der Waals surface area contributed by atoms with Crippen LogP contribution in [-0.2, 0) is 0 Å². The molecule has 0 saturated heterocycles. The van der Waals surface area contributed by atoms with Gasteiger partial charge in [0.15, 0.2) is 10.9 Å². The molecule has 2 rings (SSSR count). The third-order valence-corrected chi connectivity index (χ3v) is 5.64. The van der Waals surface area contributed by atoms with Gasteiger partial charge in [-0.25, -0.2) is 4.98 Å². The predicted molar refractivity (Wildman–Crippen MR) is 133 cm³/mol. The van der Waals surface area contributed by atoms with Gasteiger partial charge in [-0.2, -0.15) is 0 Å². The molecule has 0 fully saturated rings. The molecular formula is C21H30ClN5O6S. The number of hydrogen-bond acceptors (Lipinski definition) is 9. The van der Waals surface area contributed by atoms with Gasteiger partial charge in [0.2, 0.25) is 0 Å². The molecule has 0 saturated carbocycles. The van der Waals surface area contributed by atoms with Crippen molar-refractivity contribution in [3.8, 4) is 11.5 Å². The fourth-order valence-corrected chi connectivity index (χ4v) is 3.99. The standard InChI is InChI=1S/C21H29N5O6S.ClH/c1-12(2)25(13(3)4)8-7-22-20(28)15-11-33-21(23-15)24-19(27)14-9-18(32-6)16(26(29)30)10-17(14)31-5;/h9-13H,7-8H2,1-6H3,(H,22,28)(H,23,24,27);1H. The van der Waals surface area contributed by atoms with E-state index in [1.807, 2.05) is 0 Å². The molecule has 11 nitrogen and oxygen atoms in total. The second-order valence-corrected chi connectivity index (χ2v) is 8.51. The largest absolute Gasteiger partial charge is 0.496 e. The molecule has 0 unspecified atom stereocenters. The van der Waals surface area contributed by atoms with Gasteiger partial charge in [0.05, 0.1) is 30.8 Å². The Balaban J connectivity index is 0.00000578. The molecule has 188 valence electrons. The summed E-state index contributed by atoms with van der Waals surface area (Å²) >= 11 is 1.09. The molecule has 0 aliphatic rings. The summed E-state index contributed by atoms with van der Waals surface area (Å²) in [5.74, 6) is -1.02. The number of aromatic nitrogens is 1. The molecule has 1 heterocycles. The Hall–Kier alpha value is -2.96. The van der Waals surface area contributed by atoms with E-state index >= 15 is 0 Å². The fraction of sp³-hybridized carbons (Fsp3) is 0.476. The lowest BCUT2D eigenvalue weighted by molar-refractivity contribution is -0.385. The van der Waals surface area contributed by atoms with Crippen molar-refractivity contribution in [1.82, 2.24) is 15.2 Å². The van der Waals surface area contributed by atoms with Crippen LogP contribution in [0.15, 0.2) is 17.5 Å². The minimum absolute atomic E-state index is 0. The number of amides is 2. The van der Waals surface area contributed by atoms with Crippen molar-refractivity contribution in [3.05, 3.63) is 38.9 Å². The Kier molecular flexibility index (Phi) is 11.2. The van der Waals surface area contributed by atoms with E-state index in [4.69, 9.17) is 9.47 Å². The Morgan fingerprint density at radius 3 is 2.26 bits per heavy atom. The van der Waals surface area contributed by atoms with Crippen molar-refractivity contribution in [2.75, 3.05) is 32.6 Å². The lowest BCUT2D eigenvalue weighted by atomic mass is 10.1. The number of thiazole rings is 1. The number of nitro groups is 1. The van der Waals surface area contributed by atoms with Crippen molar-refractivity contribution in [3.63, 3.8) is 0 Å². The van der Waals surface area contributed by atoms with Crippen LogP contribution >= 0.6 is 23.7 Å². The number of anilines is 1. The topological polar surface area (TPSA) is 136 Å². The second kappa shape index (κ2) is 13.1. The van der Waals surface area contributed by atoms with Gasteiger partial charge in [-0.05, 0) is 27.7 Å². The van der Waals surface area contributed by atoms with Crippen LogP contribution in [0, 0.1) is 10.1 Å². The normalized spacial score (nSPS) is 10.7. The van der Waals surface area contributed by atoms with E-state index in [0.717, 1.165) is 17.4 Å². The van der Waals surface area contributed by atoms with Gasteiger partial charge in [-0.15, -0.1) is 23.7 Å². The third kappa shape index (κ3) is 7.27. The van der Waals surface area contributed by atoms with Crippen molar-refractivity contribution >= 4 is 46.4 Å². The molecular weight excluding hydrogens is 486 g/mol. The zero-order valence-corrected chi connectivity index (χ0v) is 21.5. The molecule has 0 spiro atoms. The fourth-order valence-electron chi connectivity index (χ4n) is 3.30. The maximum atomic E-state index is 12.7. The maximum absolute atomic E-state index is 12.7. The average Bonchev–Trinajstić information content (AvgIpc) is 3.23. The van der Waals surface area contributed by atoms with E-state index in [9.17, 15) is 19.7 Å². The molecule has 2 N–H and O–H groups in total. The van der Waals surface area contributed by atoms with Crippen molar-refractivity contribution in [2.45, 2.75) is 39.8 Å². The number of carbonyl (C=O) groups is 2. The number of ether oxygens (including phenoxy) is 2. The number of hydrogen-bond donors (Lipinski definition) is 2. The zero-order chi connectivity index (χ0) is 24.7. The summed E-state index contributed by atoms with van der Waals surface area (Å²) in [6, 6.07) is 3.06. The van der Waals surface area contributed by atoms with Gasteiger partial charge < -0.3 is 14.8 Å². The van der Waals surface area contributed by atoms with Crippen molar-refractivity contribution in [2.24, 2.45) is 0 Å². The molecule has 1 aromatic carbocycles. The van der Waals surface area contributed by atoms with Gasteiger partial charge >= 0.3 is 5.69 Å². The highest BCUT2D eigenvalue weighted by atomic mass is 35.5. The highest BCUT2D eigenvalue weighted by Crippen LogP contribution is 2.34. The summed E-state index contributed by atoms with van der Waals surface area (Å²) in [7, 11) is 2.57. The summed E-state index contributed by atoms with van der Waals surface area (Å²) in [6.45, 7) is 9.59. The maximum Gasteiger partial charge on any atom is 0.314 e. The summed E-state index contributed by atoms with van der Waals surface area (Å²) in [5.41, 5.74) is -0.111. The molecule has 2 amide bonds. The number of methoxy groups -OCH3 is 2. The first kappa shape index (κ1) is 29.1. The van der Waals surface area contributed by atoms with Crippen LogP contribution in [0.2, 0.25) is 0 Å². The Morgan fingerprint density at radius 1 is 1.12 bits per heavy atom. The van der Waals surface area contributed by atoms with Gasteiger partial charge in [-0.3, -0.25) is 29.9 Å². The Bertz CT molecular complexity index is 1010. The van der Waals surface area contributed by atoms with E-state index in [2.05, 4.69) is 48.2 Å². The lowest BCUT2D eigenvalue weighted by Gasteiger charge is -2.30.